The van der Waals surface area contributed by atoms with Gasteiger partial charge in [0.25, 0.3) is 5.56 Å². The van der Waals surface area contributed by atoms with E-state index in [1.54, 1.807) is 13.8 Å². The van der Waals surface area contributed by atoms with Gasteiger partial charge < -0.3 is 5.11 Å². The van der Waals surface area contributed by atoms with E-state index in [1.165, 1.54) is 18.2 Å². The van der Waals surface area contributed by atoms with Gasteiger partial charge in [0.15, 0.2) is 0 Å². The molecule has 1 aromatic heterocycles. The van der Waals surface area contributed by atoms with Crippen molar-refractivity contribution in [2.45, 2.75) is 13.8 Å². The van der Waals surface area contributed by atoms with Gasteiger partial charge in [0.1, 0.15) is 11.6 Å². The number of hydrazone groups is 1. The highest BCUT2D eigenvalue weighted by Crippen LogP contribution is 2.18. The predicted octanol–water partition coefficient (Wildman–Crippen LogP) is 1.76. The number of phenolic OH excluding ortho intramolecular Hbond substituents is 1. The van der Waals surface area contributed by atoms with E-state index in [0.29, 0.717) is 11.4 Å². The first kappa shape index (κ1) is 13.7. The average Bonchev–Trinajstić information content (AvgIpc) is 2.38. The number of phenols is 1. The lowest BCUT2D eigenvalue weighted by atomic mass is 10.1. The molecular formula is C13H13FN4O2. The Morgan fingerprint density at radius 1 is 1.45 bits per heavy atom. The fraction of sp³-hybridized carbons (Fsp3) is 0.154. The molecule has 0 aliphatic heterocycles. The number of H-pyrrole nitrogens is 1. The van der Waals surface area contributed by atoms with Crippen LogP contribution in [0.15, 0.2) is 34.2 Å². The number of nitrogens with one attached hydrogen (secondary N) is 2. The van der Waals surface area contributed by atoms with Crippen LogP contribution in [0, 0.1) is 12.7 Å². The Kier molecular flexibility index (Phi) is 3.79. The molecule has 7 heteroatoms. The standard InChI is InChI=1S/C13H13FN4O2/c1-7-5-12(20)16-13(15-7)18-17-8(2)10-6-9(14)3-4-11(10)19/h3-6,19H,1-2H3,(H2,15,16,18,20)/b17-8+. The molecule has 2 aromatic rings. The van der Waals surface area contributed by atoms with Crippen molar-refractivity contribution in [3.63, 3.8) is 0 Å². The first-order chi connectivity index (χ1) is 9.45. The highest BCUT2D eigenvalue weighted by Gasteiger charge is 2.06. The molecule has 0 amide bonds. The summed E-state index contributed by atoms with van der Waals surface area (Å²) in [6.45, 7) is 3.27. The van der Waals surface area contributed by atoms with E-state index in [9.17, 15) is 14.3 Å². The van der Waals surface area contributed by atoms with Gasteiger partial charge in [-0.2, -0.15) is 5.10 Å². The summed E-state index contributed by atoms with van der Waals surface area (Å²) in [5, 5.41) is 13.6. The number of aromatic amines is 1. The first-order valence-electron chi connectivity index (χ1n) is 5.83. The van der Waals surface area contributed by atoms with Crippen LogP contribution in [-0.4, -0.2) is 20.8 Å². The maximum absolute atomic E-state index is 13.1. The van der Waals surface area contributed by atoms with Crippen LogP contribution in [0.2, 0.25) is 0 Å². The van der Waals surface area contributed by atoms with E-state index in [1.807, 2.05) is 0 Å². The fourth-order valence-corrected chi connectivity index (χ4v) is 1.63. The minimum Gasteiger partial charge on any atom is -0.507 e. The number of aromatic hydroxyl groups is 1. The maximum atomic E-state index is 13.1. The van der Waals surface area contributed by atoms with Gasteiger partial charge in [0, 0.05) is 17.3 Å². The van der Waals surface area contributed by atoms with Crippen molar-refractivity contribution < 1.29 is 9.50 Å². The van der Waals surface area contributed by atoms with E-state index < -0.39 is 5.82 Å². The summed E-state index contributed by atoms with van der Waals surface area (Å²) in [4.78, 5) is 17.7. The first-order valence-corrected chi connectivity index (χ1v) is 5.83. The van der Waals surface area contributed by atoms with Gasteiger partial charge >= 0.3 is 0 Å². The summed E-state index contributed by atoms with van der Waals surface area (Å²) in [5.41, 5.74) is 3.40. The topological polar surface area (TPSA) is 90.4 Å². The van der Waals surface area contributed by atoms with Gasteiger partial charge in [0.2, 0.25) is 5.95 Å². The molecule has 0 aliphatic carbocycles. The van der Waals surface area contributed by atoms with Crippen LogP contribution in [0.3, 0.4) is 0 Å². The molecule has 0 aliphatic rings. The molecule has 0 saturated carbocycles. The summed E-state index contributed by atoms with van der Waals surface area (Å²) >= 11 is 0. The number of halogens is 1. The van der Waals surface area contributed by atoms with Crippen LogP contribution >= 0.6 is 0 Å². The van der Waals surface area contributed by atoms with Crippen molar-refractivity contribution in [2.24, 2.45) is 5.10 Å². The molecule has 3 N–H and O–H groups in total. The van der Waals surface area contributed by atoms with Crippen molar-refractivity contribution >= 4 is 11.7 Å². The Morgan fingerprint density at radius 2 is 2.20 bits per heavy atom. The van der Waals surface area contributed by atoms with E-state index in [4.69, 9.17) is 0 Å². The molecule has 0 radical (unpaired) electrons. The smallest absolute Gasteiger partial charge is 0.252 e. The minimum atomic E-state index is -0.477. The maximum Gasteiger partial charge on any atom is 0.252 e. The lowest BCUT2D eigenvalue weighted by Crippen LogP contribution is -2.11. The summed E-state index contributed by atoms with van der Waals surface area (Å²) in [6.07, 6.45) is 0. The van der Waals surface area contributed by atoms with Gasteiger partial charge in [-0.05, 0) is 32.0 Å². The Labute approximate surface area is 114 Å². The van der Waals surface area contributed by atoms with Crippen LogP contribution in [0.4, 0.5) is 10.3 Å². The number of hydrogen-bond donors (Lipinski definition) is 3. The Balaban J connectivity index is 2.26. The van der Waals surface area contributed by atoms with Crippen molar-refractivity contribution in [3.05, 3.63) is 51.7 Å². The molecule has 0 bridgehead atoms. The highest BCUT2D eigenvalue weighted by molar-refractivity contribution is 6.01. The normalized spacial score (nSPS) is 11.4. The number of aryl methyl sites for hydroxylation is 1. The van der Waals surface area contributed by atoms with Crippen molar-refractivity contribution in [2.75, 3.05) is 5.43 Å². The van der Waals surface area contributed by atoms with Crippen LogP contribution in [0.5, 0.6) is 5.75 Å². The zero-order valence-corrected chi connectivity index (χ0v) is 10.9. The molecule has 1 aromatic carbocycles. The second-order valence-corrected chi connectivity index (χ2v) is 4.21. The SMILES string of the molecule is C/C(=N\Nc1nc(C)cc(=O)[nH]1)c1cc(F)ccc1O. The highest BCUT2D eigenvalue weighted by atomic mass is 19.1. The lowest BCUT2D eigenvalue weighted by molar-refractivity contribution is 0.472. The monoisotopic (exact) mass is 276 g/mol. The number of rotatable bonds is 3. The Hall–Kier alpha value is -2.70. The second kappa shape index (κ2) is 5.52. The average molecular weight is 276 g/mol. The van der Waals surface area contributed by atoms with E-state index >= 15 is 0 Å². The van der Waals surface area contributed by atoms with E-state index in [2.05, 4.69) is 20.5 Å². The number of anilines is 1. The molecule has 0 fully saturated rings. The van der Waals surface area contributed by atoms with Crippen molar-refractivity contribution in [1.82, 2.24) is 9.97 Å². The zero-order chi connectivity index (χ0) is 14.7. The molecule has 0 saturated heterocycles. The van der Waals surface area contributed by atoms with Gasteiger partial charge in [-0.15, -0.1) is 0 Å². The van der Waals surface area contributed by atoms with Crippen molar-refractivity contribution in [1.29, 1.82) is 0 Å². The quantitative estimate of drug-likeness (QED) is 0.588. The van der Waals surface area contributed by atoms with Gasteiger partial charge in [-0.25, -0.2) is 14.8 Å². The second-order valence-electron chi connectivity index (χ2n) is 4.21. The van der Waals surface area contributed by atoms with E-state index in [-0.39, 0.29) is 22.8 Å². The third-order valence-electron chi connectivity index (χ3n) is 2.55. The largest absolute Gasteiger partial charge is 0.507 e. The summed E-state index contributed by atoms with van der Waals surface area (Å²) in [6, 6.07) is 4.91. The molecule has 0 atom stereocenters. The molecule has 0 unspecified atom stereocenters. The summed E-state index contributed by atoms with van der Waals surface area (Å²) in [5.74, 6) is -0.389. The Morgan fingerprint density at radius 3 is 2.90 bits per heavy atom. The third kappa shape index (κ3) is 3.19. The fourth-order valence-electron chi connectivity index (χ4n) is 1.63. The third-order valence-corrected chi connectivity index (χ3v) is 2.55. The molecule has 2 rings (SSSR count). The molecule has 104 valence electrons. The van der Waals surface area contributed by atoms with Crippen LogP contribution in [-0.2, 0) is 0 Å². The van der Waals surface area contributed by atoms with Crippen LogP contribution in [0.1, 0.15) is 18.2 Å². The van der Waals surface area contributed by atoms with Gasteiger partial charge in [-0.1, -0.05) is 0 Å². The van der Waals surface area contributed by atoms with Gasteiger partial charge in [0.05, 0.1) is 5.71 Å². The zero-order valence-electron chi connectivity index (χ0n) is 10.9. The summed E-state index contributed by atoms with van der Waals surface area (Å²) < 4.78 is 13.1. The molecule has 1 heterocycles. The lowest BCUT2D eigenvalue weighted by Gasteiger charge is -2.05. The Bertz CT molecular complexity index is 725. The van der Waals surface area contributed by atoms with Crippen LogP contribution in [0.25, 0.3) is 0 Å². The summed E-state index contributed by atoms with van der Waals surface area (Å²) in [7, 11) is 0. The number of hydrogen-bond acceptors (Lipinski definition) is 5. The van der Waals surface area contributed by atoms with E-state index in [0.717, 1.165) is 6.07 Å². The predicted molar refractivity (Wildman–Crippen MR) is 73.5 cm³/mol. The number of benzene rings is 1. The van der Waals surface area contributed by atoms with Crippen molar-refractivity contribution in [3.8, 4) is 5.75 Å². The molecule has 0 spiro atoms. The number of aromatic nitrogens is 2. The minimum absolute atomic E-state index is 0.0832. The molecular weight excluding hydrogens is 263 g/mol. The molecule has 20 heavy (non-hydrogen) atoms. The number of nitrogens with zero attached hydrogens (tertiary/aromatic N) is 2. The van der Waals surface area contributed by atoms with Crippen LogP contribution < -0.4 is 11.0 Å². The van der Waals surface area contributed by atoms with Gasteiger partial charge in [-0.3, -0.25) is 9.78 Å². The molecule has 6 nitrogen and oxygen atoms in total.